The highest BCUT2D eigenvalue weighted by Gasteiger charge is 2.34. The Morgan fingerprint density at radius 1 is 0.897 bits per heavy atom. The van der Waals surface area contributed by atoms with Crippen LogP contribution in [0, 0.1) is 0 Å². The number of likely N-dealkylation sites (tertiary alicyclic amines) is 1. The minimum atomic E-state index is -4.53. The fraction of sp³-hybridized carbons (Fsp3) is 0.400. The zero-order valence-electron chi connectivity index (χ0n) is 22.5. The fourth-order valence-electron chi connectivity index (χ4n) is 5.24. The van der Waals surface area contributed by atoms with E-state index in [1.807, 2.05) is 6.07 Å². The van der Waals surface area contributed by atoms with E-state index < -0.39 is 11.7 Å². The molecule has 204 valence electrons. The SMILES string of the molecule is CC(C)(C)c1ccc(Nc2ncnc3cc(-c4ncccc4C(F)(F)F)cnc23)cc1CCN1CCCCC1. The normalized spacial score (nSPS) is 15.0. The molecule has 0 unspecified atom stereocenters. The van der Waals surface area contributed by atoms with Gasteiger partial charge >= 0.3 is 6.18 Å². The zero-order valence-corrected chi connectivity index (χ0v) is 22.5. The van der Waals surface area contributed by atoms with Gasteiger partial charge in [-0.2, -0.15) is 13.2 Å². The molecular formula is C30H33F3N6. The summed E-state index contributed by atoms with van der Waals surface area (Å²) < 4.78 is 40.7. The highest BCUT2D eigenvalue weighted by molar-refractivity contribution is 5.89. The van der Waals surface area contributed by atoms with E-state index in [0.717, 1.165) is 37.8 Å². The van der Waals surface area contributed by atoms with Crippen molar-refractivity contribution in [2.45, 2.75) is 58.0 Å². The molecule has 0 bridgehead atoms. The van der Waals surface area contributed by atoms with Gasteiger partial charge in [0.15, 0.2) is 5.82 Å². The van der Waals surface area contributed by atoms with Crippen LogP contribution in [0.15, 0.2) is 55.1 Å². The first-order valence-electron chi connectivity index (χ1n) is 13.4. The van der Waals surface area contributed by atoms with E-state index in [-0.39, 0.29) is 16.7 Å². The van der Waals surface area contributed by atoms with Crippen molar-refractivity contribution in [3.8, 4) is 11.3 Å². The molecule has 0 amide bonds. The number of benzene rings is 1. The van der Waals surface area contributed by atoms with Crippen LogP contribution in [-0.2, 0) is 18.0 Å². The molecule has 1 aromatic carbocycles. The van der Waals surface area contributed by atoms with Gasteiger partial charge in [0.2, 0.25) is 0 Å². The molecule has 4 aromatic rings. The van der Waals surface area contributed by atoms with Gasteiger partial charge in [0.05, 0.1) is 16.8 Å². The monoisotopic (exact) mass is 534 g/mol. The lowest BCUT2D eigenvalue weighted by Crippen LogP contribution is -2.32. The molecule has 0 spiro atoms. The van der Waals surface area contributed by atoms with Crippen LogP contribution in [0.5, 0.6) is 0 Å². The third-order valence-corrected chi connectivity index (χ3v) is 7.18. The van der Waals surface area contributed by atoms with Crippen LogP contribution in [0.25, 0.3) is 22.3 Å². The van der Waals surface area contributed by atoms with Crippen LogP contribution in [-0.4, -0.2) is 44.5 Å². The third kappa shape index (κ3) is 6.19. The Balaban J connectivity index is 1.44. The summed E-state index contributed by atoms with van der Waals surface area (Å²) in [5.74, 6) is 0.495. The van der Waals surface area contributed by atoms with Crippen LogP contribution in [0.4, 0.5) is 24.7 Å². The maximum Gasteiger partial charge on any atom is 0.418 e. The van der Waals surface area contributed by atoms with Gasteiger partial charge in [0.1, 0.15) is 11.8 Å². The summed E-state index contributed by atoms with van der Waals surface area (Å²) in [6.45, 7) is 10.0. The maximum atomic E-state index is 13.6. The van der Waals surface area contributed by atoms with E-state index in [2.05, 4.69) is 63.1 Å². The minimum absolute atomic E-state index is 0.00999. The number of fused-ring (bicyclic) bond motifs is 1. The van der Waals surface area contributed by atoms with Crippen molar-refractivity contribution in [2.75, 3.05) is 25.0 Å². The second-order valence-electron chi connectivity index (χ2n) is 11.1. The molecule has 0 radical (unpaired) electrons. The highest BCUT2D eigenvalue weighted by atomic mass is 19.4. The summed E-state index contributed by atoms with van der Waals surface area (Å²) in [4.78, 5) is 19.6. The predicted octanol–water partition coefficient (Wildman–Crippen LogP) is 7.18. The van der Waals surface area contributed by atoms with Crippen LogP contribution in [0.1, 0.15) is 56.7 Å². The molecule has 0 atom stereocenters. The largest absolute Gasteiger partial charge is 0.418 e. The van der Waals surface area contributed by atoms with Crippen molar-refractivity contribution in [1.82, 2.24) is 24.8 Å². The molecule has 1 aliphatic heterocycles. The van der Waals surface area contributed by atoms with Gasteiger partial charge in [-0.05, 0) is 79.2 Å². The van der Waals surface area contributed by atoms with E-state index in [1.165, 1.54) is 55.2 Å². The molecule has 6 nitrogen and oxygen atoms in total. The topological polar surface area (TPSA) is 66.8 Å². The molecule has 0 saturated carbocycles. The average molecular weight is 535 g/mol. The van der Waals surface area contributed by atoms with Crippen LogP contribution in [0.3, 0.4) is 0 Å². The Morgan fingerprint density at radius 2 is 1.69 bits per heavy atom. The molecule has 1 saturated heterocycles. The lowest BCUT2D eigenvalue weighted by Gasteiger charge is -2.28. The van der Waals surface area contributed by atoms with E-state index >= 15 is 0 Å². The minimum Gasteiger partial charge on any atom is -0.338 e. The van der Waals surface area contributed by atoms with E-state index in [4.69, 9.17) is 0 Å². The van der Waals surface area contributed by atoms with Crippen molar-refractivity contribution in [1.29, 1.82) is 0 Å². The van der Waals surface area contributed by atoms with Gasteiger partial charge < -0.3 is 10.2 Å². The molecule has 5 rings (SSSR count). The number of pyridine rings is 2. The predicted molar refractivity (Wildman–Crippen MR) is 148 cm³/mol. The number of aromatic nitrogens is 4. The number of anilines is 2. The maximum absolute atomic E-state index is 13.6. The number of nitrogens with zero attached hydrogens (tertiary/aromatic N) is 5. The standard InChI is InChI=1S/C30H33F3N6/c1-29(2,3)23-10-9-22(16-20(23)11-15-39-13-5-4-6-14-39)38-28-27-25(36-19-37-28)17-21(18-35-27)26-24(30(31,32)33)8-7-12-34-26/h7-10,12,16-19H,4-6,11,13-15H2,1-3H3,(H,36,37,38). The first-order valence-corrected chi connectivity index (χ1v) is 13.4. The van der Waals surface area contributed by atoms with Crippen molar-refractivity contribution < 1.29 is 13.2 Å². The van der Waals surface area contributed by atoms with Gasteiger partial charge in [-0.25, -0.2) is 15.0 Å². The molecule has 3 aromatic heterocycles. The Labute approximate surface area is 226 Å². The lowest BCUT2D eigenvalue weighted by atomic mass is 9.82. The number of piperidine rings is 1. The number of alkyl halides is 3. The van der Waals surface area contributed by atoms with E-state index in [9.17, 15) is 13.2 Å². The van der Waals surface area contributed by atoms with Gasteiger partial charge in [0, 0.05) is 30.2 Å². The Morgan fingerprint density at radius 3 is 2.44 bits per heavy atom. The molecular weight excluding hydrogens is 501 g/mol. The second-order valence-corrected chi connectivity index (χ2v) is 11.1. The molecule has 39 heavy (non-hydrogen) atoms. The summed E-state index contributed by atoms with van der Waals surface area (Å²) in [6, 6.07) is 10.2. The first kappa shape index (κ1) is 27.0. The third-order valence-electron chi connectivity index (χ3n) is 7.18. The summed E-state index contributed by atoms with van der Waals surface area (Å²) in [7, 11) is 0. The van der Waals surface area contributed by atoms with Crippen LogP contribution < -0.4 is 5.32 Å². The quantitative estimate of drug-likeness (QED) is 0.283. The number of hydrogen-bond donors (Lipinski definition) is 1. The molecule has 0 aliphatic carbocycles. The average Bonchev–Trinajstić information content (AvgIpc) is 2.91. The summed E-state index contributed by atoms with van der Waals surface area (Å²) in [5, 5.41) is 3.38. The Hall–Kier alpha value is -3.59. The first-order chi connectivity index (χ1) is 18.6. The Kier molecular flexibility index (Phi) is 7.53. The smallest absolute Gasteiger partial charge is 0.338 e. The van der Waals surface area contributed by atoms with Crippen LogP contribution >= 0.6 is 0 Å². The number of rotatable bonds is 6. The number of hydrogen-bond acceptors (Lipinski definition) is 6. The number of halogens is 3. The van der Waals surface area contributed by atoms with Crippen LogP contribution in [0.2, 0.25) is 0 Å². The van der Waals surface area contributed by atoms with Gasteiger partial charge in [-0.3, -0.25) is 4.98 Å². The Bertz CT molecular complexity index is 1460. The highest BCUT2D eigenvalue weighted by Crippen LogP contribution is 2.36. The molecule has 1 aliphatic rings. The molecule has 9 heteroatoms. The van der Waals surface area contributed by atoms with Gasteiger partial charge in [0.25, 0.3) is 0 Å². The second kappa shape index (κ2) is 10.9. The van der Waals surface area contributed by atoms with E-state index in [0.29, 0.717) is 16.9 Å². The molecule has 1 N–H and O–H groups in total. The van der Waals surface area contributed by atoms with Crippen molar-refractivity contribution >= 4 is 22.5 Å². The lowest BCUT2D eigenvalue weighted by molar-refractivity contribution is -0.137. The van der Waals surface area contributed by atoms with Crippen molar-refractivity contribution in [2.24, 2.45) is 0 Å². The summed E-state index contributed by atoms with van der Waals surface area (Å²) in [6.07, 6.45) is 4.40. The zero-order chi connectivity index (χ0) is 27.6. The molecule has 1 fully saturated rings. The van der Waals surface area contributed by atoms with Gasteiger partial charge in [-0.1, -0.05) is 33.3 Å². The summed E-state index contributed by atoms with van der Waals surface area (Å²) >= 11 is 0. The summed E-state index contributed by atoms with van der Waals surface area (Å²) in [5.41, 5.74) is 3.66. The van der Waals surface area contributed by atoms with Gasteiger partial charge in [-0.15, -0.1) is 0 Å². The fourth-order valence-corrected chi connectivity index (χ4v) is 5.24. The van der Waals surface area contributed by atoms with E-state index in [1.54, 1.807) is 6.07 Å². The van der Waals surface area contributed by atoms with Crippen molar-refractivity contribution in [3.05, 3.63) is 71.8 Å². The van der Waals surface area contributed by atoms with Crippen molar-refractivity contribution in [3.63, 3.8) is 0 Å². The molecule has 4 heterocycles. The number of nitrogens with one attached hydrogen (secondary N) is 1.